The number of ketones is 1. The summed E-state index contributed by atoms with van der Waals surface area (Å²) in [6, 6.07) is 18.0. The van der Waals surface area contributed by atoms with Gasteiger partial charge in [0.2, 0.25) is 5.13 Å². The molecule has 1 aliphatic rings. The first-order chi connectivity index (χ1) is 16.1. The number of para-hydroxylation sites is 1. The summed E-state index contributed by atoms with van der Waals surface area (Å²) in [5.41, 5.74) is 5.77. The van der Waals surface area contributed by atoms with E-state index in [1.165, 1.54) is 11.1 Å². The van der Waals surface area contributed by atoms with Crippen LogP contribution in [0.4, 0.5) is 11.5 Å². The maximum absolute atomic E-state index is 13.4. The monoisotopic (exact) mass is 454 g/mol. The lowest BCUT2D eigenvalue weighted by atomic mass is 9.85. The number of hydrogen-bond donors (Lipinski definition) is 1. The third-order valence-corrected chi connectivity index (χ3v) is 7.32. The number of thiazole rings is 1. The molecule has 164 valence electrons. The van der Waals surface area contributed by atoms with Crippen molar-refractivity contribution in [2.45, 2.75) is 32.6 Å². The third kappa shape index (κ3) is 3.45. The lowest BCUT2D eigenvalue weighted by Crippen LogP contribution is -2.20. The number of Topliss-reactive ketones (excluding diaryl/α,β-unsaturated/α-hetero) is 1. The Morgan fingerprint density at radius 3 is 2.73 bits per heavy atom. The van der Waals surface area contributed by atoms with E-state index in [1.54, 1.807) is 17.6 Å². The molecule has 0 radical (unpaired) electrons. The van der Waals surface area contributed by atoms with Gasteiger partial charge >= 0.3 is 0 Å². The Morgan fingerprint density at radius 1 is 1.06 bits per heavy atom. The number of hydrogen-bond acceptors (Lipinski definition) is 6. The van der Waals surface area contributed by atoms with Crippen LogP contribution in [0.3, 0.4) is 0 Å². The summed E-state index contributed by atoms with van der Waals surface area (Å²) in [6.07, 6.45) is 2.71. The highest BCUT2D eigenvalue weighted by atomic mass is 32.1. The SMILES string of the molecule is Cc1ccc(Nc2nn(-c3nc4ccccc4s3)c3c2C(=O)CC(c2ccco2)C3)cc1C. The van der Waals surface area contributed by atoms with Crippen LogP contribution >= 0.6 is 11.3 Å². The summed E-state index contributed by atoms with van der Waals surface area (Å²) in [5.74, 6) is 1.46. The highest BCUT2D eigenvalue weighted by Gasteiger charge is 2.35. The molecule has 0 fully saturated rings. The van der Waals surface area contributed by atoms with Gasteiger partial charge in [-0.05, 0) is 61.4 Å². The Labute approximate surface area is 194 Å². The molecule has 33 heavy (non-hydrogen) atoms. The van der Waals surface area contributed by atoms with E-state index in [2.05, 4.69) is 37.4 Å². The van der Waals surface area contributed by atoms with Gasteiger partial charge < -0.3 is 9.73 Å². The van der Waals surface area contributed by atoms with Gasteiger partial charge in [-0.15, -0.1) is 5.10 Å². The summed E-state index contributed by atoms with van der Waals surface area (Å²) >= 11 is 1.57. The van der Waals surface area contributed by atoms with Crippen LogP contribution in [-0.4, -0.2) is 20.5 Å². The molecule has 0 saturated carbocycles. The number of aromatic nitrogens is 3. The average molecular weight is 455 g/mol. The first-order valence-corrected chi connectivity index (χ1v) is 11.8. The van der Waals surface area contributed by atoms with Crippen molar-refractivity contribution >= 4 is 38.8 Å². The lowest BCUT2D eigenvalue weighted by molar-refractivity contribution is 0.0960. The van der Waals surface area contributed by atoms with Crippen molar-refractivity contribution in [1.82, 2.24) is 14.8 Å². The van der Waals surface area contributed by atoms with Crippen molar-refractivity contribution in [3.05, 3.63) is 89.0 Å². The highest BCUT2D eigenvalue weighted by Crippen LogP contribution is 2.39. The lowest BCUT2D eigenvalue weighted by Gasteiger charge is -2.20. The highest BCUT2D eigenvalue weighted by molar-refractivity contribution is 7.20. The zero-order valence-corrected chi connectivity index (χ0v) is 19.1. The fraction of sp³-hybridized carbons (Fsp3) is 0.192. The summed E-state index contributed by atoms with van der Waals surface area (Å²) in [5, 5.41) is 9.04. The molecule has 1 unspecified atom stereocenters. The van der Waals surface area contributed by atoms with E-state index in [0.29, 0.717) is 24.2 Å². The van der Waals surface area contributed by atoms with E-state index in [0.717, 1.165) is 32.5 Å². The van der Waals surface area contributed by atoms with Gasteiger partial charge in [0.25, 0.3) is 0 Å². The third-order valence-electron chi connectivity index (χ3n) is 6.31. The number of benzene rings is 2. The molecular formula is C26H22N4O2S. The molecule has 0 bridgehead atoms. The number of furan rings is 1. The largest absolute Gasteiger partial charge is 0.469 e. The Bertz CT molecular complexity index is 1460. The minimum atomic E-state index is -0.0145. The van der Waals surface area contributed by atoms with E-state index in [1.807, 2.05) is 41.1 Å². The zero-order valence-electron chi connectivity index (χ0n) is 18.3. The molecule has 1 aliphatic carbocycles. The minimum absolute atomic E-state index is 0.0145. The van der Waals surface area contributed by atoms with Crippen LogP contribution in [0.25, 0.3) is 15.3 Å². The van der Waals surface area contributed by atoms with Gasteiger partial charge in [-0.1, -0.05) is 29.5 Å². The molecule has 3 aromatic heterocycles. The van der Waals surface area contributed by atoms with Crippen molar-refractivity contribution in [3.8, 4) is 5.13 Å². The predicted molar refractivity (Wildman–Crippen MR) is 130 cm³/mol. The zero-order chi connectivity index (χ0) is 22.5. The van der Waals surface area contributed by atoms with Crippen molar-refractivity contribution in [2.75, 3.05) is 5.32 Å². The summed E-state index contributed by atoms with van der Waals surface area (Å²) in [4.78, 5) is 18.2. The van der Waals surface area contributed by atoms with Gasteiger partial charge in [0, 0.05) is 24.4 Å². The van der Waals surface area contributed by atoms with Crippen molar-refractivity contribution in [2.24, 2.45) is 0 Å². The van der Waals surface area contributed by atoms with Gasteiger partial charge in [-0.3, -0.25) is 4.79 Å². The van der Waals surface area contributed by atoms with Gasteiger partial charge in [-0.25, -0.2) is 9.67 Å². The number of nitrogens with one attached hydrogen (secondary N) is 1. The van der Waals surface area contributed by atoms with Crippen molar-refractivity contribution < 1.29 is 9.21 Å². The van der Waals surface area contributed by atoms with Crippen LogP contribution in [0.1, 0.15) is 45.3 Å². The molecule has 0 aliphatic heterocycles. The molecule has 7 heteroatoms. The number of rotatable bonds is 4. The maximum atomic E-state index is 13.4. The van der Waals surface area contributed by atoms with Gasteiger partial charge in [0.05, 0.1) is 27.7 Å². The first-order valence-electron chi connectivity index (χ1n) is 11.0. The van der Waals surface area contributed by atoms with E-state index in [-0.39, 0.29) is 11.7 Å². The van der Waals surface area contributed by atoms with Gasteiger partial charge in [-0.2, -0.15) is 0 Å². The molecule has 6 nitrogen and oxygen atoms in total. The maximum Gasteiger partial charge on any atom is 0.211 e. The van der Waals surface area contributed by atoms with E-state index in [9.17, 15) is 4.79 Å². The Kier molecular flexibility index (Phi) is 4.66. The van der Waals surface area contributed by atoms with Crippen molar-refractivity contribution in [1.29, 1.82) is 0 Å². The number of anilines is 2. The second-order valence-corrected chi connectivity index (χ2v) is 9.52. The molecule has 0 spiro atoms. The Balaban J connectivity index is 1.49. The number of fused-ring (bicyclic) bond motifs is 2. The van der Waals surface area contributed by atoms with Crippen LogP contribution in [0, 0.1) is 13.8 Å². The standard InChI is InChI=1S/C26H22N4O2S/c1-15-9-10-18(12-16(15)2)27-25-24-20(13-17(14-21(24)31)22-7-5-11-32-22)30(29-25)26-28-19-6-3-4-8-23(19)33-26/h3-12,17H,13-14H2,1-2H3,(H,27,29). The normalized spacial score (nSPS) is 15.7. The number of nitrogens with zero attached hydrogens (tertiary/aromatic N) is 3. The molecular weight excluding hydrogens is 432 g/mol. The van der Waals surface area contributed by atoms with Crippen LogP contribution in [0.15, 0.2) is 65.3 Å². The van der Waals surface area contributed by atoms with Gasteiger partial charge in [0.1, 0.15) is 5.76 Å². The Morgan fingerprint density at radius 2 is 1.94 bits per heavy atom. The predicted octanol–water partition coefficient (Wildman–Crippen LogP) is 6.35. The molecule has 1 atom stereocenters. The molecule has 3 heterocycles. The van der Waals surface area contributed by atoms with Crippen LogP contribution in [-0.2, 0) is 6.42 Å². The van der Waals surface area contributed by atoms with E-state index < -0.39 is 0 Å². The molecule has 1 N–H and O–H groups in total. The van der Waals surface area contributed by atoms with Crippen LogP contribution in [0.2, 0.25) is 0 Å². The minimum Gasteiger partial charge on any atom is -0.469 e. The summed E-state index contributed by atoms with van der Waals surface area (Å²) in [6.45, 7) is 4.16. The topological polar surface area (TPSA) is 73.0 Å². The van der Waals surface area contributed by atoms with Crippen molar-refractivity contribution in [3.63, 3.8) is 0 Å². The molecule has 6 rings (SSSR count). The number of carbonyl (C=O) groups is 1. The first kappa shape index (κ1) is 19.9. The van der Waals surface area contributed by atoms with Gasteiger partial charge in [0.15, 0.2) is 11.6 Å². The molecule has 5 aromatic rings. The number of carbonyl (C=O) groups excluding carboxylic acids is 1. The fourth-order valence-corrected chi connectivity index (χ4v) is 5.39. The quantitative estimate of drug-likeness (QED) is 0.343. The second-order valence-electron chi connectivity index (χ2n) is 8.51. The molecule has 2 aromatic carbocycles. The molecule has 0 amide bonds. The number of aryl methyl sites for hydroxylation is 2. The second kappa shape index (κ2) is 7.71. The van der Waals surface area contributed by atoms with E-state index in [4.69, 9.17) is 14.5 Å². The smallest absolute Gasteiger partial charge is 0.211 e. The average Bonchev–Trinajstić information content (AvgIpc) is 3.54. The van der Waals surface area contributed by atoms with E-state index >= 15 is 0 Å². The van der Waals surface area contributed by atoms with Crippen LogP contribution in [0.5, 0.6) is 0 Å². The molecule has 0 saturated heterocycles. The fourth-order valence-electron chi connectivity index (χ4n) is 4.44. The van der Waals surface area contributed by atoms with Crippen LogP contribution < -0.4 is 5.32 Å². The Hall–Kier alpha value is -3.71. The summed E-state index contributed by atoms with van der Waals surface area (Å²) in [7, 11) is 0. The summed E-state index contributed by atoms with van der Waals surface area (Å²) < 4.78 is 8.58.